The summed E-state index contributed by atoms with van der Waals surface area (Å²) in [5.74, 6) is 0.436. The maximum absolute atomic E-state index is 13.4. The largest absolute Gasteiger partial charge is 0.497 e. The number of hydrogen-bond donors (Lipinski definition) is 2. The van der Waals surface area contributed by atoms with Gasteiger partial charge in [-0.1, -0.05) is 12.2 Å². The van der Waals surface area contributed by atoms with Gasteiger partial charge in [0.2, 0.25) is 5.91 Å². The van der Waals surface area contributed by atoms with Crippen molar-refractivity contribution in [2.45, 2.75) is 24.2 Å². The monoisotopic (exact) mass is 471 g/mol. The molecule has 0 saturated carbocycles. The Morgan fingerprint density at radius 3 is 2.45 bits per heavy atom. The number of rotatable bonds is 7. The molecule has 1 aliphatic carbocycles. The van der Waals surface area contributed by atoms with Crippen LogP contribution < -0.4 is 19.7 Å². The zero-order valence-electron chi connectivity index (χ0n) is 18.6. The molecule has 1 aliphatic heterocycles. The van der Waals surface area contributed by atoms with Crippen LogP contribution in [0, 0.1) is 5.92 Å². The fourth-order valence-electron chi connectivity index (χ4n) is 4.02. The Hall–Kier alpha value is -3.04. The Morgan fingerprint density at radius 2 is 1.79 bits per heavy atom. The van der Waals surface area contributed by atoms with Gasteiger partial charge in [-0.15, -0.1) is 0 Å². The lowest BCUT2D eigenvalue weighted by molar-refractivity contribution is -0.120. The normalized spacial score (nSPS) is 18.6. The van der Waals surface area contributed by atoms with Crippen LogP contribution in [0.25, 0.3) is 0 Å². The first kappa shape index (κ1) is 23.1. The molecular formula is C24H29N3O5S. The lowest BCUT2D eigenvalue weighted by Crippen LogP contribution is -2.37. The Kier molecular flexibility index (Phi) is 7.20. The molecule has 33 heavy (non-hydrogen) atoms. The zero-order chi connectivity index (χ0) is 23.3. The molecule has 1 saturated heterocycles. The van der Waals surface area contributed by atoms with E-state index in [1.807, 2.05) is 11.0 Å². The standard InChI is InChI=1S/C24H29N3O5S/c1-31-21-10-7-19(8-11-21)26-33(29,30)23-17-20(25-24(28)18-5-3-2-4-6-18)9-12-22(23)27-13-15-32-16-14-27/h2-3,7-12,17-18,26H,4-6,13-16H2,1H3,(H,25,28)/t18-/m1/s1. The highest BCUT2D eigenvalue weighted by atomic mass is 32.2. The van der Waals surface area contributed by atoms with Gasteiger partial charge in [0.25, 0.3) is 10.0 Å². The molecule has 4 rings (SSSR count). The van der Waals surface area contributed by atoms with Gasteiger partial charge >= 0.3 is 0 Å². The summed E-state index contributed by atoms with van der Waals surface area (Å²) in [5.41, 5.74) is 1.46. The third kappa shape index (κ3) is 5.66. The molecule has 0 unspecified atom stereocenters. The van der Waals surface area contributed by atoms with Crippen LogP contribution in [0.4, 0.5) is 17.1 Å². The van der Waals surface area contributed by atoms with E-state index in [9.17, 15) is 13.2 Å². The fraction of sp³-hybridized carbons (Fsp3) is 0.375. The van der Waals surface area contributed by atoms with E-state index in [-0.39, 0.29) is 16.7 Å². The third-order valence-electron chi connectivity index (χ3n) is 5.85. The summed E-state index contributed by atoms with van der Waals surface area (Å²) < 4.78 is 40.1. The van der Waals surface area contributed by atoms with Crippen LogP contribution in [0.5, 0.6) is 5.75 Å². The van der Waals surface area contributed by atoms with Gasteiger partial charge in [-0.2, -0.15) is 0 Å². The second kappa shape index (κ2) is 10.3. The van der Waals surface area contributed by atoms with Crippen molar-refractivity contribution in [3.63, 3.8) is 0 Å². The lowest BCUT2D eigenvalue weighted by atomic mass is 9.93. The van der Waals surface area contributed by atoms with E-state index in [1.54, 1.807) is 43.5 Å². The number of allylic oxidation sites excluding steroid dienone is 2. The minimum absolute atomic E-state index is 0.0927. The smallest absolute Gasteiger partial charge is 0.264 e. The van der Waals surface area contributed by atoms with Gasteiger partial charge < -0.3 is 19.7 Å². The first-order valence-corrected chi connectivity index (χ1v) is 12.5. The van der Waals surface area contributed by atoms with Crippen molar-refractivity contribution < 1.29 is 22.7 Å². The number of carbonyl (C=O) groups excluding carboxylic acids is 1. The van der Waals surface area contributed by atoms with Gasteiger partial charge in [-0.25, -0.2) is 8.42 Å². The van der Waals surface area contributed by atoms with Crippen molar-refractivity contribution in [2.24, 2.45) is 5.92 Å². The number of nitrogens with zero attached hydrogens (tertiary/aromatic N) is 1. The van der Waals surface area contributed by atoms with Crippen LogP contribution in [-0.4, -0.2) is 47.7 Å². The second-order valence-corrected chi connectivity index (χ2v) is 9.74. The van der Waals surface area contributed by atoms with Gasteiger partial charge in [0, 0.05) is 30.4 Å². The summed E-state index contributed by atoms with van der Waals surface area (Å²) in [5, 5.41) is 2.91. The summed E-state index contributed by atoms with van der Waals surface area (Å²) in [6.45, 7) is 2.23. The maximum Gasteiger partial charge on any atom is 0.264 e. The first-order valence-electron chi connectivity index (χ1n) is 11.1. The molecule has 1 atom stereocenters. The zero-order valence-corrected chi connectivity index (χ0v) is 19.4. The van der Waals surface area contributed by atoms with Crippen LogP contribution in [-0.2, 0) is 19.6 Å². The number of amides is 1. The van der Waals surface area contributed by atoms with Crippen molar-refractivity contribution in [2.75, 3.05) is 48.4 Å². The highest BCUT2D eigenvalue weighted by Gasteiger charge is 2.25. The quantitative estimate of drug-likeness (QED) is 0.599. The molecule has 9 heteroatoms. The predicted octanol–water partition coefficient (Wildman–Crippen LogP) is 3.63. The van der Waals surface area contributed by atoms with Crippen LogP contribution in [0.3, 0.4) is 0 Å². The summed E-state index contributed by atoms with van der Waals surface area (Å²) in [6, 6.07) is 11.7. The molecule has 0 spiro atoms. The molecule has 2 aromatic rings. The van der Waals surface area contributed by atoms with E-state index >= 15 is 0 Å². The van der Waals surface area contributed by atoms with Crippen molar-refractivity contribution in [3.8, 4) is 5.75 Å². The minimum Gasteiger partial charge on any atom is -0.497 e. The summed E-state index contributed by atoms with van der Waals surface area (Å²) in [7, 11) is -2.38. The van der Waals surface area contributed by atoms with E-state index in [0.29, 0.717) is 55.5 Å². The van der Waals surface area contributed by atoms with Gasteiger partial charge in [-0.3, -0.25) is 9.52 Å². The van der Waals surface area contributed by atoms with E-state index in [4.69, 9.17) is 9.47 Å². The number of nitrogens with one attached hydrogen (secondary N) is 2. The molecule has 1 amide bonds. The molecule has 176 valence electrons. The molecule has 1 heterocycles. The number of morpholine rings is 1. The molecule has 1 fully saturated rings. The lowest BCUT2D eigenvalue weighted by Gasteiger charge is -2.30. The molecule has 8 nitrogen and oxygen atoms in total. The topological polar surface area (TPSA) is 97.0 Å². The summed E-state index contributed by atoms with van der Waals surface area (Å²) in [6.07, 6.45) is 6.46. The number of benzene rings is 2. The Labute approximate surface area is 194 Å². The van der Waals surface area contributed by atoms with Crippen LogP contribution in [0.15, 0.2) is 59.5 Å². The fourth-order valence-corrected chi connectivity index (χ4v) is 5.33. The predicted molar refractivity (Wildman–Crippen MR) is 128 cm³/mol. The second-order valence-electron chi connectivity index (χ2n) is 8.09. The van der Waals surface area contributed by atoms with Crippen molar-refractivity contribution in [1.82, 2.24) is 0 Å². The molecule has 0 radical (unpaired) electrons. The van der Waals surface area contributed by atoms with Crippen LogP contribution in [0.1, 0.15) is 19.3 Å². The van der Waals surface area contributed by atoms with E-state index < -0.39 is 10.0 Å². The Morgan fingerprint density at radius 1 is 1.06 bits per heavy atom. The number of anilines is 3. The number of hydrogen-bond acceptors (Lipinski definition) is 6. The van der Waals surface area contributed by atoms with Crippen LogP contribution >= 0.6 is 0 Å². The number of methoxy groups -OCH3 is 1. The average Bonchev–Trinajstić information content (AvgIpc) is 2.85. The van der Waals surface area contributed by atoms with E-state index in [1.165, 1.54) is 6.07 Å². The molecular weight excluding hydrogens is 442 g/mol. The van der Waals surface area contributed by atoms with Crippen molar-refractivity contribution in [1.29, 1.82) is 0 Å². The molecule has 2 aromatic carbocycles. The first-order chi connectivity index (χ1) is 16.0. The van der Waals surface area contributed by atoms with Crippen LogP contribution in [0.2, 0.25) is 0 Å². The van der Waals surface area contributed by atoms with Gasteiger partial charge in [0.15, 0.2) is 0 Å². The summed E-state index contributed by atoms with van der Waals surface area (Å²) in [4.78, 5) is 14.8. The van der Waals surface area contributed by atoms with Gasteiger partial charge in [0.05, 0.1) is 26.0 Å². The number of sulfonamides is 1. The highest BCUT2D eigenvalue weighted by Crippen LogP contribution is 2.32. The van der Waals surface area contributed by atoms with Crippen molar-refractivity contribution >= 4 is 33.0 Å². The molecule has 2 N–H and O–H groups in total. The molecule has 0 aromatic heterocycles. The number of carbonyl (C=O) groups is 1. The third-order valence-corrected chi connectivity index (χ3v) is 7.26. The van der Waals surface area contributed by atoms with Gasteiger partial charge in [-0.05, 0) is 61.7 Å². The average molecular weight is 472 g/mol. The van der Waals surface area contributed by atoms with Gasteiger partial charge in [0.1, 0.15) is 10.6 Å². The Balaban J connectivity index is 1.63. The molecule has 0 bridgehead atoms. The highest BCUT2D eigenvalue weighted by molar-refractivity contribution is 7.92. The summed E-state index contributed by atoms with van der Waals surface area (Å²) >= 11 is 0. The Bertz CT molecular complexity index is 1110. The SMILES string of the molecule is COc1ccc(NS(=O)(=O)c2cc(NC(=O)[C@@H]3CC=CCC3)ccc2N2CCOCC2)cc1. The number of ether oxygens (including phenoxy) is 2. The van der Waals surface area contributed by atoms with Crippen molar-refractivity contribution in [3.05, 3.63) is 54.6 Å². The minimum atomic E-state index is -3.93. The maximum atomic E-state index is 13.4. The van der Waals surface area contributed by atoms with E-state index in [2.05, 4.69) is 16.1 Å². The van der Waals surface area contributed by atoms with E-state index in [0.717, 1.165) is 12.8 Å². The molecule has 2 aliphatic rings.